The van der Waals surface area contributed by atoms with Crippen LogP contribution in [0.3, 0.4) is 0 Å². The predicted molar refractivity (Wildman–Crippen MR) is 87.2 cm³/mol. The van der Waals surface area contributed by atoms with E-state index in [1.807, 2.05) is 36.0 Å². The molecule has 5 heteroatoms. The average Bonchev–Trinajstić information content (AvgIpc) is 2.94. The molecule has 0 unspecified atom stereocenters. The highest BCUT2D eigenvalue weighted by molar-refractivity contribution is 8.00. The Kier molecular flexibility index (Phi) is 3.70. The van der Waals surface area contributed by atoms with E-state index in [4.69, 9.17) is 5.73 Å². The van der Waals surface area contributed by atoms with Gasteiger partial charge in [0, 0.05) is 16.7 Å². The van der Waals surface area contributed by atoms with Gasteiger partial charge in [0.05, 0.1) is 5.52 Å². The summed E-state index contributed by atoms with van der Waals surface area (Å²) in [6.07, 6.45) is 7.42. The summed E-state index contributed by atoms with van der Waals surface area (Å²) in [5, 5.41) is 4.55. The number of nitrogens with two attached hydrogens (primary N) is 1. The molecule has 0 aliphatic heterocycles. The van der Waals surface area contributed by atoms with Gasteiger partial charge in [-0.05, 0) is 31.2 Å². The largest absolute Gasteiger partial charge is 0.368 e. The van der Waals surface area contributed by atoms with E-state index in [1.54, 1.807) is 0 Å². The van der Waals surface area contributed by atoms with E-state index in [2.05, 4.69) is 21.5 Å². The Hall–Kier alpha value is -1.49. The van der Waals surface area contributed by atoms with Gasteiger partial charge in [0.15, 0.2) is 0 Å². The maximum atomic E-state index is 5.81. The number of rotatable bonds is 4. The number of thioether (sulfide) groups is 1. The smallest absolute Gasteiger partial charge is 0.222 e. The first-order valence-electron chi connectivity index (χ1n) is 7.04. The van der Waals surface area contributed by atoms with Gasteiger partial charge in [0.2, 0.25) is 5.95 Å². The van der Waals surface area contributed by atoms with E-state index in [-0.39, 0.29) is 0 Å². The first kappa shape index (κ1) is 13.5. The lowest BCUT2D eigenvalue weighted by Crippen LogP contribution is -2.30. The number of nitrogen functional groups attached to an aromatic ring is 1. The molecule has 106 valence electrons. The van der Waals surface area contributed by atoms with Gasteiger partial charge in [-0.2, -0.15) is 16.7 Å². The quantitative estimate of drug-likeness (QED) is 0.903. The molecule has 0 spiro atoms. The highest BCUT2D eigenvalue weighted by atomic mass is 32.2. The van der Waals surface area contributed by atoms with Crippen molar-refractivity contribution in [1.82, 2.24) is 9.97 Å². The van der Waals surface area contributed by atoms with Crippen LogP contribution >= 0.6 is 11.8 Å². The molecule has 1 aromatic carbocycles. The molecule has 4 nitrogen and oxygen atoms in total. The monoisotopic (exact) mass is 288 g/mol. The predicted octanol–water partition coefficient (Wildman–Crippen LogP) is 3.30. The molecule has 0 saturated heterocycles. The molecule has 0 bridgehead atoms. The van der Waals surface area contributed by atoms with Crippen molar-refractivity contribution in [2.45, 2.75) is 30.4 Å². The van der Waals surface area contributed by atoms with Gasteiger partial charge in [-0.25, -0.2) is 4.98 Å². The fourth-order valence-electron chi connectivity index (χ4n) is 2.95. The third-order valence-corrected chi connectivity index (χ3v) is 5.56. The van der Waals surface area contributed by atoms with Gasteiger partial charge < -0.3 is 11.1 Å². The molecule has 1 saturated carbocycles. The topological polar surface area (TPSA) is 63.8 Å². The summed E-state index contributed by atoms with van der Waals surface area (Å²) < 4.78 is 0.348. The van der Waals surface area contributed by atoms with Gasteiger partial charge in [0.25, 0.3) is 0 Å². The number of benzene rings is 1. The Labute approximate surface area is 123 Å². The number of hydrogen-bond donors (Lipinski definition) is 2. The molecule has 0 amide bonds. The summed E-state index contributed by atoms with van der Waals surface area (Å²) in [6, 6.07) is 7.99. The molecule has 1 aromatic heterocycles. The standard InChI is InChI=1S/C15H20N4S/c1-20-15(8-4-5-9-15)10-17-13-11-6-2-3-7-12(11)18-14(16)19-13/h2-3,6-7H,4-5,8-10H2,1H3,(H3,16,17,18,19). The Balaban J connectivity index is 1.87. The molecule has 1 heterocycles. The summed E-state index contributed by atoms with van der Waals surface area (Å²) in [5.41, 5.74) is 6.70. The highest BCUT2D eigenvalue weighted by Crippen LogP contribution is 2.40. The number of hydrogen-bond acceptors (Lipinski definition) is 5. The molecule has 20 heavy (non-hydrogen) atoms. The lowest BCUT2D eigenvalue weighted by molar-refractivity contribution is 0.639. The van der Waals surface area contributed by atoms with Gasteiger partial charge in [-0.3, -0.25) is 0 Å². The van der Waals surface area contributed by atoms with Crippen LogP contribution in [0.2, 0.25) is 0 Å². The first-order chi connectivity index (χ1) is 9.72. The van der Waals surface area contributed by atoms with E-state index in [9.17, 15) is 0 Å². The van der Waals surface area contributed by atoms with E-state index in [0.717, 1.165) is 23.3 Å². The normalized spacial score (nSPS) is 17.4. The van der Waals surface area contributed by atoms with Gasteiger partial charge in [-0.15, -0.1) is 0 Å². The zero-order valence-corrected chi connectivity index (χ0v) is 12.5. The fraction of sp³-hybridized carbons (Fsp3) is 0.467. The molecular formula is C15H20N4S. The van der Waals surface area contributed by atoms with Crippen molar-refractivity contribution in [3.05, 3.63) is 24.3 Å². The summed E-state index contributed by atoms with van der Waals surface area (Å²) >= 11 is 1.97. The highest BCUT2D eigenvalue weighted by Gasteiger charge is 2.32. The second-order valence-electron chi connectivity index (χ2n) is 5.40. The summed E-state index contributed by atoms with van der Waals surface area (Å²) in [7, 11) is 0. The van der Waals surface area contributed by atoms with E-state index in [1.165, 1.54) is 25.7 Å². The fourth-order valence-corrected chi connectivity index (χ4v) is 3.86. The van der Waals surface area contributed by atoms with Crippen molar-refractivity contribution in [2.24, 2.45) is 0 Å². The van der Waals surface area contributed by atoms with Crippen LogP contribution in [0.15, 0.2) is 24.3 Å². The number of anilines is 2. The van der Waals surface area contributed by atoms with Crippen LogP contribution in [0.4, 0.5) is 11.8 Å². The van der Waals surface area contributed by atoms with Crippen LogP contribution in [-0.4, -0.2) is 27.5 Å². The SMILES string of the molecule is CSC1(CNc2nc(N)nc3ccccc23)CCCC1. The Morgan fingerprint density at radius 1 is 1.25 bits per heavy atom. The number of aromatic nitrogens is 2. The van der Waals surface area contributed by atoms with Crippen LogP contribution in [0.5, 0.6) is 0 Å². The van der Waals surface area contributed by atoms with E-state index >= 15 is 0 Å². The zero-order valence-electron chi connectivity index (χ0n) is 11.7. The van der Waals surface area contributed by atoms with Crippen LogP contribution in [0.25, 0.3) is 10.9 Å². The number of nitrogens with zero attached hydrogens (tertiary/aromatic N) is 2. The Morgan fingerprint density at radius 3 is 2.75 bits per heavy atom. The van der Waals surface area contributed by atoms with Crippen molar-refractivity contribution in [3.8, 4) is 0 Å². The number of fused-ring (bicyclic) bond motifs is 1. The zero-order chi connectivity index (χ0) is 14.0. The average molecular weight is 288 g/mol. The third-order valence-electron chi connectivity index (χ3n) is 4.15. The molecule has 0 atom stereocenters. The third kappa shape index (κ3) is 2.54. The molecule has 1 aliphatic rings. The Morgan fingerprint density at radius 2 is 2.00 bits per heavy atom. The summed E-state index contributed by atoms with van der Waals surface area (Å²) in [5.74, 6) is 1.18. The lowest BCUT2D eigenvalue weighted by Gasteiger charge is -2.27. The van der Waals surface area contributed by atoms with Crippen molar-refractivity contribution >= 4 is 34.4 Å². The minimum absolute atomic E-state index is 0.329. The Bertz CT molecular complexity index is 608. The summed E-state index contributed by atoms with van der Waals surface area (Å²) in [6.45, 7) is 0.939. The molecular weight excluding hydrogens is 268 g/mol. The van der Waals surface area contributed by atoms with E-state index in [0.29, 0.717) is 10.7 Å². The van der Waals surface area contributed by atoms with Crippen LogP contribution < -0.4 is 11.1 Å². The molecule has 3 rings (SSSR count). The maximum absolute atomic E-state index is 5.81. The molecule has 0 radical (unpaired) electrons. The molecule has 1 aliphatic carbocycles. The minimum atomic E-state index is 0.329. The molecule has 1 fully saturated rings. The van der Waals surface area contributed by atoms with Crippen LogP contribution in [-0.2, 0) is 0 Å². The van der Waals surface area contributed by atoms with Gasteiger partial charge in [-0.1, -0.05) is 25.0 Å². The number of nitrogens with one attached hydrogen (secondary N) is 1. The first-order valence-corrected chi connectivity index (χ1v) is 8.26. The van der Waals surface area contributed by atoms with Gasteiger partial charge in [0.1, 0.15) is 5.82 Å². The minimum Gasteiger partial charge on any atom is -0.368 e. The molecule has 2 aromatic rings. The lowest BCUT2D eigenvalue weighted by atomic mass is 10.1. The van der Waals surface area contributed by atoms with Crippen molar-refractivity contribution in [1.29, 1.82) is 0 Å². The summed E-state index contributed by atoms with van der Waals surface area (Å²) in [4.78, 5) is 8.65. The van der Waals surface area contributed by atoms with Crippen LogP contribution in [0, 0.1) is 0 Å². The second-order valence-corrected chi connectivity index (χ2v) is 6.67. The maximum Gasteiger partial charge on any atom is 0.222 e. The molecule has 3 N–H and O–H groups in total. The van der Waals surface area contributed by atoms with Gasteiger partial charge >= 0.3 is 0 Å². The van der Waals surface area contributed by atoms with Crippen molar-refractivity contribution < 1.29 is 0 Å². The van der Waals surface area contributed by atoms with Crippen molar-refractivity contribution in [2.75, 3.05) is 23.9 Å². The number of para-hydroxylation sites is 1. The van der Waals surface area contributed by atoms with Crippen LogP contribution in [0.1, 0.15) is 25.7 Å². The van der Waals surface area contributed by atoms with Crippen molar-refractivity contribution in [3.63, 3.8) is 0 Å². The van der Waals surface area contributed by atoms with E-state index < -0.39 is 0 Å². The second kappa shape index (κ2) is 5.48.